The number of aromatic nitrogens is 3. The molecule has 0 aliphatic carbocycles. The van der Waals surface area contributed by atoms with Crippen LogP contribution in [0.1, 0.15) is 47.1 Å². The fraction of sp³-hybridized carbons (Fsp3) is 0.250. The van der Waals surface area contributed by atoms with Gasteiger partial charge in [-0.3, -0.25) is 9.59 Å². The average Bonchev–Trinajstić information content (AvgIpc) is 3.30. The lowest BCUT2D eigenvalue weighted by Crippen LogP contribution is -2.38. The molecule has 1 N–H and O–H groups in total. The van der Waals surface area contributed by atoms with E-state index in [1.54, 1.807) is 38.1 Å². The zero-order valence-electron chi connectivity index (χ0n) is 21.3. The minimum absolute atomic E-state index is 0.0584. The molecule has 5 rings (SSSR count). The predicted molar refractivity (Wildman–Crippen MR) is 143 cm³/mol. The Balaban J connectivity index is 1.52. The molecule has 2 aromatic carbocycles. The van der Waals surface area contributed by atoms with Crippen LogP contribution in [0.2, 0.25) is 0 Å². The number of anilines is 1. The molecule has 0 saturated heterocycles. The van der Waals surface area contributed by atoms with Gasteiger partial charge in [-0.1, -0.05) is 50.2 Å². The van der Waals surface area contributed by atoms with E-state index in [0.29, 0.717) is 33.8 Å². The topological polar surface area (TPSA) is 97.3 Å². The van der Waals surface area contributed by atoms with Gasteiger partial charge in [-0.05, 0) is 31.2 Å². The smallest absolute Gasteiger partial charge is 0.253 e. The first-order valence-electron chi connectivity index (χ1n) is 11.9. The van der Waals surface area contributed by atoms with E-state index in [-0.39, 0.29) is 17.7 Å². The Morgan fingerprint density at radius 1 is 0.973 bits per heavy atom. The highest BCUT2D eigenvalue weighted by Crippen LogP contribution is 2.52. The number of para-hydroxylation sites is 1. The van der Waals surface area contributed by atoms with Crippen molar-refractivity contribution in [2.24, 2.45) is 5.41 Å². The van der Waals surface area contributed by atoms with Crippen LogP contribution in [0.4, 0.5) is 5.13 Å². The Bertz CT molecular complexity index is 1490. The summed E-state index contributed by atoms with van der Waals surface area (Å²) in [4.78, 5) is 36.4. The van der Waals surface area contributed by atoms with Crippen LogP contribution in [0, 0.1) is 12.3 Å². The van der Waals surface area contributed by atoms with Crippen molar-refractivity contribution in [2.45, 2.75) is 26.7 Å². The number of aryl methyl sites for hydroxylation is 1. The second-order valence-corrected chi connectivity index (χ2v) is 10.5. The molecule has 37 heavy (non-hydrogen) atoms. The van der Waals surface area contributed by atoms with Crippen molar-refractivity contribution in [3.63, 3.8) is 0 Å². The molecule has 188 valence electrons. The number of ether oxygens (including phenoxy) is 1. The first kappa shape index (κ1) is 24.6. The van der Waals surface area contributed by atoms with Gasteiger partial charge in [0.25, 0.3) is 5.91 Å². The number of carbonyl (C=O) groups excluding carboxylic acids is 2. The van der Waals surface area contributed by atoms with Crippen LogP contribution in [-0.2, 0) is 4.79 Å². The van der Waals surface area contributed by atoms with Crippen molar-refractivity contribution in [1.29, 1.82) is 0 Å². The molecule has 0 fully saturated rings. The molecule has 1 aliphatic heterocycles. The van der Waals surface area contributed by atoms with Crippen LogP contribution in [0.5, 0.6) is 11.6 Å². The standard InChI is InChI=1S/C28H27N5O3S/c1-16-29-27(37-32-16)31-26(35)28(2,3)23-19-8-6-7-9-22(19)36-24-20(23)14-15-21(30-24)17-10-12-18(13-11-17)25(34)33(4)5/h6-15,23H,1-5H3,(H,29,31,32,35)/t23-/m0/s1. The average molecular weight is 514 g/mol. The van der Waals surface area contributed by atoms with Gasteiger partial charge in [0.2, 0.25) is 16.9 Å². The monoisotopic (exact) mass is 513 g/mol. The molecule has 0 saturated carbocycles. The molecule has 1 aliphatic rings. The van der Waals surface area contributed by atoms with Crippen LogP contribution in [0.25, 0.3) is 11.3 Å². The van der Waals surface area contributed by atoms with E-state index in [4.69, 9.17) is 9.72 Å². The van der Waals surface area contributed by atoms with Gasteiger partial charge in [0, 0.05) is 53.8 Å². The SMILES string of the molecule is Cc1nsc(NC(=O)C(C)(C)[C@H]2c3ccccc3Oc3nc(-c4ccc(C(=O)N(C)C)cc4)ccc32)n1. The van der Waals surface area contributed by atoms with Gasteiger partial charge >= 0.3 is 0 Å². The Hall–Kier alpha value is -4.11. The second kappa shape index (κ2) is 9.40. The number of nitrogens with zero attached hydrogens (tertiary/aromatic N) is 4. The Kier molecular flexibility index (Phi) is 6.25. The summed E-state index contributed by atoms with van der Waals surface area (Å²) in [5, 5.41) is 3.41. The highest BCUT2D eigenvalue weighted by molar-refractivity contribution is 7.09. The van der Waals surface area contributed by atoms with Crippen molar-refractivity contribution < 1.29 is 14.3 Å². The molecule has 1 atom stereocenters. The number of rotatable bonds is 5. The number of pyridine rings is 1. The van der Waals surface area contributed by atoms with Crippen LogP contribution in [0.3, 0.4) is 0 Å². The third kappa shape index (κ3) is 4.58. The lowest BCUT2D eigenvalue weighted by Gasteiger charge is -2.37. The van der Waals surface area contributed by atoms with Crippen molar-refractivity contribution in [3.8, 4) is 22.9 Å². The number of carbonyl (C=O) groups is 2. The number of nitrogens with one attached hydrogen (secondary N) is 1. The summed E-state index contributed by atoms with van der Waals surface area (Å²) in [6, 6.07) is 19.0. The van der Waals surface area contributed by atoms with E-state index in [2.05, 4.69) is 14.7 Å². The maximum atomic E-state index is 13.5. The van der Waals surface area contributed by atoms with E-state index >= 15 is 0 Å². The van der Waals surface area contributed by atoms with Gasteiger partial charge in [-0.25, -0.2) is 9.97 Å². The normalized spacial score (nSPS) is 14.2. The van der Waals surface area contributed by atoms with E-state index in [1.165, 1.54) is 0 Å². The Morgan fingerprint density at radius 3 is 2.38 bits per heavy atom. The van der Waals surface area contributed by atoms with E-state index in [0.717, 1.165) is 28.2 Å². The van der Waals surface area contributed by atoms with Gasteiger partial charge in [0.15, 0.2) is 0 Å². The molecule has 0 unspecified atom stereocenters. The summed E-state index contributed by atoms with van der Waals surface area (Å²) in [7, 11) is 3.45. The molecule has 4 aromatic rings. The first-order chi connectivity index (χ1) is 17.6. The minimum atomic E-state index is -0.856. The van der Waals surface area contributed by atoms with Gasteiger partial charge in [-0.15, -0.1) is 0 Å². The molecule has 0 radical (unpaired) electrons. The van der Waals surface area contributed by atoms with Crippen LogP contribution in [0.15, 0.2) is 60.7 Å². The minimum Gasteiger partial charge on any atom is -0.438 e. The summed E-state index contributed by atoms with van der Waals surface area (Å²) in [6.07, 6.45) is 0. The fourth-order valence-electron chi connectivity index (χ4n) is 4.55. The molecule has 3 heterocycles. The molecular weight excluding hydrogens is 486 g/mol. The Morgan fingerprint density at radius 2 is 1.70 bits per heavy atom. The quantitative estimate of drug-likeness (QED) is 0.378. The van der Waals surface area contributed by atoms with Gasteiger partial charge in [-0.2, -0.15) is 4.37 Å². The summed E-state index contributed by atoms with van der Waals surface area (Å²) >= 11 is 1.16. The molecule has 2 amide bonds. The van der Waals surface area contributed by atoms with E-state index < -0.39 is 5.41 Å². The second-order valence-electron chi connectivity index (χ2n) is 9.76. The Labute approximate surface area is 219 Å². The van der Waals surface area contributed by atoms with Crippen molar-refractivity contribution >= 4 is 28.5 Å². The lowest BCUT2D eigenvalue weighted by atomic mass is 9.69. The largest absolute Gasteiger partial charge is 0.438 e. The number of amides is 2. The highest BCUT2D eigenvalue weighted by atomic mass is 32.1. The van der Waals surface area contributed by atoms with Crippen molar-refractivity contribution in [1.82, 2.24) is 19.2 Å². The number of hydrogen-bond acceptors (Lipinski definition) is 7. The van der Waals surface area contributed by atoms with Crippen molar-refractivity contribution in [3.05, 3.63) is 83.2 Å². The zero-order valence-corrected chi connectivity index (χ0v) is 22.1. The number of hydrogen-bond donors (Lipinski definition) is 1. The van der Waals surface area contributed by atoms with Crippen LogP contribution >= 0.6 is 11.5 Å². The summed E-state index contributed by atoms with van der Waals surface area (Å²) in [6.45, 7) is 5.63. The van der Waals surface area contributed by atoms with E-state index in [9.17, 15) is 9.59 Å². The zero-order chi connectivity index (χ0) is 26.3. The van der Waals surface area contributed by atoms with Crippen LogP contribution in [-0.4, -0.2) is 45.2 Å². The molecule has 2 aromatic heterocycles. The third-order valence-corrected chi connectivity index (χ3v) is 7.25. The van der Waals surface area contributed by atoms with E-state index in [1.807, 2.05) is 62.4 Å². The molecule has 0 bridgehead atoms. The molecular formula is C28H27N5O3S. The van der Waals surface area contributed by atoms with Gasteiger partial charge in [0.1, 0.15) is 11.6 Å². The highest BCUT2D eigenvalue weighted by Gasteiger charge is 2.44. The summed E-state index contributed by atoms with van der Waals surface area (Å²) in [5.41, 5.74) is 3.08. The lowest BCUT2D eigenvalue weighted by molar-refractivity contribution is -0.124. The van der Waals surface area contributed by atoms with Crippen LogP contribution < -0.4 is 10.1 Å². The molecule has 9 heteroatoms. The summed E-state index contributed by atoms with van der Waals surface area (Å²) < 4.78 is 10.4. The maximum absolute atomic E-state index is 13.5. The first-order valence-corrected chi connectivity index (χ1v) is 12.6. The summed E-state index contributed by atoms with van der Waals surface area (Å²) in [5.74, 6) is 1.23. The third-order valence-electron chi connectivity index (χ3n) is 6.53. The molecule has 8 nitrogen and oxygen atoms in total. The number of fused-ring (bicyclic) bond motifs is 2. The van der Waals surface area contributed by atoms with Gasteiger partial charge in [0.05, 0.1) is 11.1 Å². The number of benzene rings is 2. The fourth-order valence-corrected chi connectivity index (χ4v) is 5.12. The molecule has 0 spiro atoms. The van der Waals surface area contributed by atoms with Gasteiger partial charge < -0.3 is 15.0 Å². The predicted octanol–water partition coefficient (Wildman–Crippen LogP) is 5.51. The maximum Gasteiger partial charge on any atom is 0.253 e. The van der Waals surface area contributed by atoms with Crippen molar-refractivity contribution in [2.75, 3.05) is 19.4 Å².